The molecule has 1 heterocycles. The molecule has 0 aliphatic rings. The zero-order valence-corrected chi connectivity index (χ0v) is 14.4. The zero-order valence-electron chi connectivity index (χ0n) is 13.7. The minimum absolute atomic E-state index is 0.461. The first-order valence-corrected chi connectivity index (χ1v) is 8.06. The van der Waals surface area contributed by atoms with Gasteiger partial charge in [0.2, 0.25) is 0 Å². The third-order valence-electron chi connectivity index (χ3n) is 3.79. The average molecular weight is 343 g/mol. The molecule has 0 spiro atoms. The number of halogens is 1. The molecule has 0 atom stereocenters. The van der Waals surface area contributed by atoms with Crippen molar-refractivity contribution in [2.45, 2.75) is 20.1 Å². The van der Waals surface area contributed by atoms with Crippen LogP contribution in [0.3, 0.4) is 0 Å². The van der Waals surface area contributed by atoms with Crippen molar-refractivity contribution in [1.82, 2.24) is 14.8 Å². The predicted molar refractivity (Wildman–Crippen MR) is 95.3 cm³/mol. The number of nitrogens with zero attached hydrogens (tertiary/aromatic N) is 3. The number of rotatable bonds is 6. The van der Waals surface area contributed by atoms with Crippen LogP contribution in [-0.2, 0) is 20.2 Å². The van der Waals surface area contributed by atoms with Crippen molar-refractivity contribution in [2.75, 3.05) is 5.32 Å². The summed E-state index contributed by atoms with van der Waals surface area (Å²) in [6.45, 7) is 2.97. The molecule has 1 aromatic heterocycles. The lowest BCUT2D eigenvalue weighted by Gasteiger charge is -2.13. The van der Waals surface area contributed by atoms with Gasteiger partial charge in [-0.25, -0.2) is 0 Å². The summed E-state index contributed by atoms with van der Waals surface area (Å²) in [6, 6.07) is 15.5. The van der Waals surface area contributed by atoms with E-state index in [0.717, 1.165) is 28.6 Å². The van der Waals surface area contributed by atoms with Crippen LogP contribution in [0.1, 0.15) is 17.2 Å². The molecule has 0 bridgehead atoms. The van der Waals surface area contributed by atoms with E-state index in [2.05, 4.69) is 15.5 Å². The van der Waals surface area contributed by atoms with Crippen LogP contribution in [-0.4, -0.2) is 14.8 Å². The first-order chi connectivity index (χ1) is 11.6. The van der Waals surface area contributed by atoms with Crippen LogP contribution in [0.2, 0.25) is 5.02 Å². The number of nitrogens with one attached hydrogen (secondary N) is 1. The summed E-state index contributed by atoms with van der Waals surface area (Å²) in [5.41, 5.74) is 1.95. The summed E-state index contributed by atoms with van der Waals surface area (Å²) < 4.78 is 7.90. The summed E-state index contributed by atoms with van der Waals surface area (Å²) >= 11 is 6.01. The van der Waals surface area contributed by atoms with Gasteiger partial charge in [0.15, 0.2) is 5.82 Å². The summed E-state index contributed by atoms with van der Waals surface area (Å²) in [5, 5.41) is 12.3. The molecule has 0 radical (unpaired) electrons. The second-order valence-corrected chi connectivity index (χ2v) is 5.93. The average Bonchev–Trinajstić information content (AvgIpc) is 2.91. The van der Waals surface area contributed by atoms with Crippen LogP contribution in [0.15, 0.2) is 48.5 Å². The number of anilines is 1. The van der Waals surface area contributed by atoms with Gasteiger partial charge in [0.05, 0.1) is 12.2 Å². The number of aryl methyl sites for hydroxylation is 1. The van der Waals surface area contributed by atoms with E-state index in [4.69, 9.17) is 16.3 Å². The molecule has 0 unspecified atom stereocenters. The van der Waals surface area contributed by atoms with Crippen molar-refractivity contribution in [3.8, 4) is 5.75 Å². The Hall–Kier alpha value is -2.53. The van der Waals surface area contributed by atoms with Gasteiger partial charge in [-0.3, -0.25) is 0 Å². The third kappa shape index (κ3) is 3.86. The first-order valence-electron chi connectivity index (χ1n) is 7.68. The molecule has 5 nitrogen and oxygen atoms in total. The van der Waals surface area contributed by atoms with E-state index in [0.29, 0.717) is 18.2 Å². The molecular weight excluding hydrogens is 324 g/mol. The molecule has 0 saturated heterocycles. The summed E-state index contributed by atoms with van der Waals surface area (Å²) in [6.07, 6.45) is 0. The number of aromatic nitrogens is 3. The van der Waals surface area contributed by atoms with Crippen molar-refractivity contribution in [2.24, 2.45) is 7.05 Å². The van der Waals surface area contributed by atoms with Crippen molar-refractivity contribution < 1.29 is 4.74 Å². The Balaban J connectivity index is 1.67. The van der Waals surface area contributed by atoms with Gasteiger partial charge in [0.25, 0.3) is 0 Å². The molecule has 24 heavy (non-hydrogen) atoms. The first kappa shape index (κ1) is 16.3. The highest BCUT2D eigenvalue weighted by Gasteiger charge is 2.07. The molecule has 0 amide bonds. The largest absolute Gasteiger partial charge is 0.487 e. The third-order valence-corrected chi connectivity index (χ3v) is 4.03. The Morgan fingerprint density at radius 1 is 1.12 bits per heavy atom. The van der Waals surface area contributed by atoms with E-state index in [1.54, 1.807) is 0 Å². The number of benzene rings is 2. The van der Waals surface area contributed by atoms with Crippen LogP contribution in [0.25, 0.3) is 0 Å². The lowest BCUT2D eigenvalue weighted by Crippen LogP contribution is -2.08. The Morgan fingerprint density at radius 2 is 1.96 bits per heavy atom. The van der Waals surface area contributed by atoms with Gasteiger partial charge in [0.1, 0.15) is 18.2 Å². The molecule has 124 valence electrons. The van der Waals surface area contributed by atoms with E-state index >= 15 is 0 Å². The second kappa shape index (κ2) is 7.36. The Morgan fingerprint density at radius 3 is 2.71 bits per heavy atom. The van der Waals surface area contributed by atoms with Crippen LogP contribution >= 0.6 is 11.6 Å². The Bertz CT molecular complexity index is 831. The van der Waals surface area contributed by atoms with Crippen LogP contribution in [0.5, 0.6) is 5.75 Å². The van der Waals surface area contributed by atoms with Gasteiger partial charge in [-0.1, -0.05) is 35.9 Å². The van der Waals surface area contributed by atoms with E-state index in [-0.39, 0.29) is 0 Å². The number of ether oxygens (including phenoxy) is 1. The quantitative estimate of drug-likeness (QED) is 0.736. The van der Waals surface area contributed by atoms with Crippen molar-refractivity contribution in [3.63, 3.8) is 0 Å². The van der Waals surface area contributed by atoms with Crippen molar-refractivity contribution >= 4 is 17.3 Å². The van der Waals surface area contributed by atoms with Crippen LogP contribution in [0, 0.1) is 6.92 Å². The SMILES string of the molecule is Cc1nnc(CNc2ccccc2OCc2cccc(Cl)c2)n1C. The molecule has 0 aliphatic carbocycles. The molecule has 0 saturated carbocycles. The maximum atomic E-state index is 6.01. The summed E-state index contributed by atoms with van der Waals surface area (Å²) in [4.78, 5) is 0. The van der Waals surface area contributed by atoms with Gasteiger partial charge in [-0.2, -0.15) is 0 Å². The highest BCUT2D eigenvalue weighted by atomic mass is 35.5. The molecule has 3 rings (SSSR count). The second-order valence-electron chi connectivity index (χ2n) is 5.49. The van der Waals surface area contributed by atoms with Gasteiger partial charge < -0.3 is 14.6 Å². The molecule has 0 aliphatic heterocycles. The standard InChI is InChI=1S/C18H19ClN4O/c1-13-21-22-18(23(13)2)11-20-16-8-3-4-9-17(16)24-12-14-6-5-7-15(19)10-14/h3-10,20H,11-12H2,1-2H3. The van der Waals surface area contributed by atoms with Crippen molar-refractivity contribution in [3.05, 3.63) is 70.8 Å². The fraction of sp³-hybridized carbons (Fsp3) is 0.222. The predicted octanol–water partition coefficient (Wildman–Crippen LogP) is 3.97. The fourth-order valence-electron chi connectivity index (χ4n) is 2.31. The van der Waals surface area contributed by atoms with Gasteiger partial charge in [0, 0.05) is 12.1 Å². The van der Waals surface area contributed by atoms with Gasteiger partial charge in [-0.05, 0) is 36.8 Å². The monoisotopic (exact) mass is 342 g/mol. The molecule has 6 heteroatoms. The molecule has 1 N–H and O–H groups in total. The number of para-hydroxylation sites is 2. The van der Waals surface area contributed by atoms with Crippen molar-refractivity contribution in [1.29, 1.82) is 0 Å². The maximum Gasteiger partial charge on any atom is 0.152 e. The highest BCUT2D eigenvalue weighted by Crippen LogP contribution is 2.25. The number of hydrogen-bond acceptors (Lipinski definition) is 4. The number of hydrogen-bond donors (Lipinski definition) is 1. The van der Waals surface area contributed by atoms with E-state index < -0.39 is 0 Å². The van der Waals surface area contributed by atoms with E-state index in [1.807, 2.05) is 67.1 Å². The van der Waals surface area contributed by atoms with Gasteiger partial charge in [-0.15, -0.1) is 10.2 Å². The van der Waals surface area contributed by atoms with Gasteiger partial charge >= 0.3 is 0 Å². The molecular formula is C18H19ClN4O. The van der Waals surface area contributed by atoms with Crippen LogP contribution < -0.4 is 10.1 Å². The normalized spacial score (nSPS) is 10.6. The lowest BCUT2D eigenvalue weighted by atomic mass is 10.2. The summed E-state index contributed by atoms with van der Waals surface area (Å²) in [5.74, 6) is 2.55. The summed E-state index contributed by atoms with van der Waals surface area (Å²) in [7, 11) is 1.95. The smallest absolute Gasteiger partial charge is 0.152 e. The minimum Gasteiger partial charge on any atom is -0.487 e. The topological polar surface area (TPSA) is 52.0 Å². The highest BCUT2D eigenvalue weighted by molar-refractivity contribution is 6.30. The van der Waals surface area contributed by atoms with Crippen LogP contribution in [0.4, 0.5) is 5.69 Å². The Labute approximate surface area is 146 Å². The maximum absolute atomic E-state index is 6.01. The van der Waals surface area contributed by atoms with E-state index in [9.17, 15) is 0 Å². The Kier molecular flexibility index (Phi) is 5.01. The fourth-order valence-corrected chi connectivity index (χ4v) is 2.52. The lowest BCUT2D eigenvalue weighted by molar-refractivity contribution is 0.307. The minimum atomic E-state index is 0.461. The molecule has 2 aromatic carbocycles. The molecule has 0 fully saturated rings. The zero-order chi connectivity index (χ0) is 16.9. The van der Waals surface area contributed by atoms with E-state index in [1.165, 1.54) is 0 Å². The molecule has 3 aromatic rings.